The van der Waals surface area contributed by atoms with Gasteiger partial charge in [-0.05, 0) is 43.5 Å². The van der Waals surface area contributed by atoms with Crippen molar-refractivity contribution in [3.63, 3.8) is 0 Å². The largest absolute Gasteiger partial charge is 0.494 e. The number of unbranched alkanes of at least 4 members (excludes halogenated alkanes) is 15. The zero-order chi connectivity index (χ0) is 25.1. The van der Waals surface area contributed by atoms with Crippen LogP contribution in [-0.2, 0) is 4.79 Å². The van der Waals surface area contributed by atoms with Gasteiger partial charge in [-0.25, -0.2) is 4.79 Å². The van der Waals surface area contributed by atoms with Gasteiger partial charge in [-0.3, -0.25) is 4.79 Å². The van der Waals surface area contributed by atoms with Crippen molar-refractivity contribution in [2.24, 2.45) is 0 Å². The molecule has 1 aromatic rings. The minimum absolute atomic E-state index is 0.209. The third kappa shape index (κ3) is 12.0. The lowest BCUT2D eigenvalue weighted by atomic mass is 10.0. The quantitative estimate of drug-likeness (QED) is 0.189. The summed E-state index contributed by atoms with van der Waals surface area (Å²) in [5.41, 5.74) is 0.521. The fraction of sp³-hybridized carbons (Fsp3) is 0.733. The molecule has 1 atom stereocenters. The van der Waals surface area contributed by atoms with Crippen LogP contribution in [0.1, 0.15) is 133 Å². The number of carboxylic acids is 1. The highest BCUT2D eigenvalue weighted by atomic mass is 16.5. The molecular weight excluding hydrogens is 438 g/mol. The van der Waals surface area contributed by atoms with Crippen LogP contribution in [0.4, 0.5) is 0 Å². The van der Waals surface area contributed by atoms with E-state index in [1.165, 1.54) is 101 Å². The van der Waals surface area contributed by atoms with E-state index in [1.54, 1.807) is 12.1 Å². The van der Waals surface area contributed by atoms with Crippen LogP contribution in [-0.4, -0.2) is 41.1 Å². The number of carbonyl (C=O) groups is 2. The van der Waals surface area contributed by atoms with Crippen LogP contribution in [0.3, 0.4) is 0 Å². The van der Waals surface area contributed by atoms with Crippen molar-refractivity contribution in [2.75, 3.05) is 13.2 Å². The van der Waals surface area contributed by atoms with Crippen LogP contribution in [0.15, 0.2) is 24.3 Å². The predicted octanol–water partition coefficient (Wildman–Crippen LogP) is 8.02. The molecule has 1 fully saturated rings. The van der Waals surface area contributed by atoms with Crippen molar-refractivity contribution in [3.05, 3.63) is 29.8 Å². The average molecular weight is 488 g/mol. The molecule has 0 aliphatic carbocycles. The van der Waals surface area contributed by atoms with Gasteiger partial charge >= 0.3 is 5.97 Å². The second-order valence-corrected chi connectivity index (χ2v) is 10.2. The van der Waals surface area contributed by atoms with Gasteiger partial charge in [0.05, 0.1) is 6.61 Å². The Hall–Kier alpha value is -2.04. The zero-order valence-corrected chi connectivity index (χ0v) is 22.1. The van der Waals surface area contributed by atoms with E-state index in [2.05, 4.69) is 6.92 Å². The molecule has 0 saturated carbocycles. The number of likely N-dealkylation sites (tertiary alicyclic amines) is 1. The van der Waals surface area contributed by atoms with Crippen LogP contribution < -0.4 is 4.74 Å². The highest BCUT2D eigenvalue weighted by Crippen LogP contribution is 2.22. The summed E-state index contributed by atoms with van der Waals surface area (Å²) >= 11 is 0. The summed E-state index contributed by atoms with van der Waals surface area (Å²) in [6, 6.07) is 6.40. The molecule has 1 aliphatic heterocycles. The van der Waals surface area contributed by atoms with Gasteiger partial charge in [0, 0.05) is 12.1 Å². The number of rotatable bonds is 20. The van der Waals surface area contributed by atoms with E-state index in [0.717, 1.165) is 18.6 Å². The molecule has 35 heavy (non-hydrogen) atoms. The van der Waals surface area contributed by atoms with Crippen molar-refractivity contribution in [2.45, 2.75) is 129 Å². The number of amides is 1. The monoisotopic (exact) mass is 487 g/mol. The maximum Gasteiger partial charge on any atom is 0.326 e. The fourth-order valence-corrected chi connectivity index (χ4v) is 4.97. The third-order valence-electron chi connectivity index (χ3n) is 7.17. The Morgan fingerprint density at radius 2 is 1.29 bits per heavy atom. The molecule has 0 bridgehead atoms. The molecular formula is C30H49NO4. The first-order chi connectivity index (χ1) is 17.1. The van der Waals surface area contributed by atoms with Gasteiger partial charge in [-0.1, -0.05) is 103 Å². The Bertz CT molecular complexity index is 703. The van der Waals surface area contributed by atoms with E-state index >= 15 is 0 Å². The Morgan fingerprint density at radius 3 is 1.77 bits per heavy atom. The van der Waals surface area contributed by atoms with Crippen LogP contribution in [0.2, 0.25) is 0 Å². The van der Waals surface area contributed by atoms with Crippen molar-refractivity contribution in [3.8, 4) is 5.75 Å². The molecule has 1 N–H and O–H groups in total. The summed E-state index contributed by atoms with van der Waals surface area (Å²) in [5, 5.41) is 9.28. The first kappa shape index (κ1) is 29.2. The van der Waals surface area contributed by atoms with Gasteiger partial charge in [-0.15, -0.1) is 0 Å². The van der Waals surface area contributed by atoms with E-state index in [9.17, 15) is 14.7 Å². The first-order valence-corrected chi connectivity index (χ1v) is 14.4. The fourth-order valence-electron chi connectivity index (χ4n) is 4.97. The Labute approximate surface area is 213 Å². The number of hydrogen-bond acceptors (Lipinski definition) is 3. The van der Waals surface area contributed by atoms with Gasteiger partial charge in [0.15, 0.2) is 0 Å². The summed E-state index contributed by atoms with van der Waals surface area (Å²) in [4.78, 5) is 25.4. The SMILES string of the molecule is CCCCCCCCCCCCCCCCCCOc1ccc(C(=O)N2CCCC2C(=O)O)cc1. The number of carboxylic acid groups (broad SMARTS) is 1. The van der Waals surface area contributed by atoms with E-state index in [-0.39, 0.29) is 5.91 Å². The molecule has 5 nitrogen and oxygen atoms in total. The highest BCUT2D eigenvalue weighted by molar-refractivity contribution is 5.97. The maximum atomic E-state index is 12.6. The van der Waals surface area contributed by atoms with Crippen LogP contribution in [0.25, 0.3) is 0 Å². The minimum Gasteiger partial charge on any atom is -0.494 e. The Balaban J connectivity index is 1.42. The van der Waals surface area contributed by atoms with Gasteiger partial charge in [-0.2, -0.15) is 0 Å². The summed E-state index contributed by atoms with van der Waals surface area (Å²) in [5.74, 6) is -0.368. The van der Waals surface area contributed by atoms with Crippen LogP contribution >= 0.6 is 0 Å². The second kappa shape index (κ2) is 18.3. The lowest BCUT2D eigenvalue weighted by Gasteiger charge is -2.21. The molecule has 0 spiro atoms. The number of ether oxygens (including phenoxy) is 1. The number of benzene rings is 1. The smallest absolute Gasteiger partial charge is 0.326 e. The zero-order valence-electron chi connectivity index (χ0n) is 22.1. The van der Waals surface area contributed by atoms with E-state index in [1.807, 2.05) is 12.1 Å². The second-order valence-electron chi connectivity index (χ2n) is 10.2. The van der Waals surface area contributed by atoms with E-state index in [0.29, 0.717) is 25.1 Å². The standard InChI is InChI=1S/C30H49NO4/c1-2-3-4-5-6-7-8-9-10-11-12-13-14-15-16-17-25-35-27-22-20-26(21-23-27)29(32)31-24-18-19-28(31)30(33)34/h20-23,28H,2-19,24-25H2,1H3,(H,33,34). The molecule has 5 heteroatoms. The van der Waals surface area contributed by atoms with Crippen molar-refractivity contribution in [1.29, 1.82) is 0 Å². The lowest BCUT2D eigenvalue weighted by Crippen LogP contribution is -2.40. The molecule has 1 saturated heterocycles. The normalized spacial score (nSPS) is 15.5. The van der Waals surface area contributed by atoms with Gasteiger partial charge in [0.25, 0.3) is 5.91 Å². The summed E-state index contributed by atoms with van der Waals surface area (Å²) < 4.78 is 5.83. The number of nitrogens with zero attached hydrogens (tertiary/aromatic N) is 1. The first-order valence-electron chi connectivity index (χ1n) is 14.4. The molecule has 0 radical (unpaired) electrons. The molecule has 0 aromatic heterocycles. The molecule has 2 rings (SSSR count). The van der Waals surface area contributed by atoms with E-state index < -0.39 is 12.0 Å². The summed E-state index contributed by atoms with van der Waals surface area (Å²) in [6.07, 6.45) is 22.9. The van der Waals surface area contributed by atoms with Crippen molar-refractivity contribution >= 4 is 11.9 Å². The molecule has 1 heterocycles. The van der Waals surface area contributed by atoms with Crippen molar-refractivity contribution in [1.82, 2.24) is 4.90 Å². The van der Waals surface area contributed by atoms with Crippen LogP contribution in [0, 0.1) is 0 Å². The number of hydrogen-bond donors (Lipinski definition) is 1. The predicted molar refractivity (Wildman–Crippen MR) is 143 cm³/mol. The van der Waals surface area contributed by atoms with Crippen molar-refractivity contribution < 1.29 is 19.4 Å². The average Bonchev–Trinajstić information content (AvgIpc) is 3.36. The summed E-state index contributed by atoms with van der Waals surface area (Å²) in [6.45, 7) is 3.48. The summed E-state index contributed by atoms with van der Waals surface area (Å²) in [7, 11) is 0. The third-order valence-corrected chi connectivity index (χ3v) is 7.17. The minimum atomic E-state index is -0.922. The molecule has 1 aliphatic rings. The lowest BCUT2D eigenvalue weighted by molar-refractivity contribution is -0.141. The maximum absolute atomic E-state index is 12.6. The Kier molecular flexibility index (Phi) is 15.2. The van der Waals surface area contributed by atoms with Gasteiger partial charge in [0.2, 0.25) is 0 Å². The van der Waals surface area contributed by atoms with Crippen LogP contribution in [0.5, 0.6) is 5.75 Å². The Morgan fingerprint density at radius 1 is 0.800 bits per heavy atom. The van der Waals surface area contributed by atoms with Gasteiger partial charge < -0.3 is 14.7 Å². The molecule has 1 amide bonds. The van der Waals surface area contributed by atoms with Gasteiger partial charge in [0.1, 0.15) is 11.8 Å². The topological polar surface area (TPSA) is 66.8 Å². The highest BCUT2D eigenvalue weighted by Gasteiger charge is 2.34. The number of carbonyl (C=O) groups excluding carboxylic acids is 1. The molecule has 198 valence electrons. The van der Waals surface area contributed by atoms with E-state index in [4.69, 9.17) is 4.74 Å². The molecule has 1 unspecified atom stereocenters. The molecule has 1 aromatic carbocycles. The number of aliphatic carboxylic acids is 1.